The summed E-state index contributed by atoms with van der Waals surface area (Å²) in [6.07, 6.45) is -4.92. The monoisotopic (exact) mass is 413 g/mol. The van der Waals surface area contributed by atoms with Crippen LogP contribution in [0.2, 0.25) is 0 Å². The SMILES string of the molecule is CC(C)(C)O[C@H]1CCN(CC(=O)N2c3ccccc3NC(=O)C[C@H]2C(F)(F)F)C1. The number of hydrogen-bond acceptors (Lipinski definition) is 4. The lowest BCUT2D eigenvalue weighted by Crippen LogP contribution is -2.52. The van der Waals surface area contributed by atoms with Crippen LogP contribution in [0.25, 0.3) is 0 Å². The molecule has 29 heavy (non-hydrogen) atoms. The minimum Gasteiger partial charge on any atom is -0.371 e. The number of carbonyl (C=O) groups is 2. The highest BCUT2D eigenvalue weighted by Gasteiger charge is 2.49. The fourth-order valence-electron chi connectivity index (χ4n) is 3.80. The fourth-order valence-corrected chi connectivity index (χ4v) is 3.80. The molecule has 0 saturated carbocycles. The number of para-hydroxylation sites is 2. The number of likely N-dealkylation sites (tertiary alicyclic amines) is 1. The van der Waals surface area contributed by atoms with E-state index in [0.717, 1.165) is 4.90 Å². The Morgan fingerprint density at radius 2 is 1.93 bits per heavy atom. The van der Waals surface area contributed by atoms with E-state index >= 15 is 0 Å². The maximum Gasteiger partial charge on any atom is 0.409 e. The number of anilines is 2. The Balaban J connectivity index is 1.82. The van der Waals surface area contributed by atoms with E-state index in [1.54, 1.807) is 17.0 Å². The van der Waals surface area contributed by atoms with Gasteiger partial charge in [0.15, 0.2) is 0 Å². The van der Waals surface area contributed by atoms with Crippen LogP contribution in [-0.2, 0) is 14.3 Å². The van der Waals surface area contributed by atoms with E-state index < -0.39 is 30.5 Å². The van der Waals surface area contributed by atoms with Gasteiger partial charge in [-0.15, -0.1) is 0 Å². The molecule has 0 bridgehead atoms. The molecule has 1 N–H and O–H groups in total. The van der Waals surface area contributed by atoms with Crippen molar-refractivity contribution in [3.8, 4) is 0 Å². The molecule has 1 aromatic rings. The first kappa shape index (κ1) is 21.6. The normalized spacial score (nSPS) is 23.5. The Hall–Kier alpha value is -2.13. The number of ether oxygens (including phenoxy) is 1. The van der Waals surface area contributed by atoms with Gasteiger partial charge in [0, 0.05) is 13.1 Å². The number of nitrogens with zero attached hydrogens (tertiary/aromatic N) is 2. The van der Waals surface area contributed by atoms with Crippen molar-refractivity contribution in [3.05, 3.63) is 24.3 Å². The summed E-state index contributed by atoms with van der Waals surface area (Å²) in [4.78, 5) is 27.6. The van der Waals surface area contributed by atoms with Crippen LogP contribution in [-0.4, -0.2) is 60.3 Å². The Morgan fingerprint density at radius 3 is 2.59 bits per heavy atom. The molecule has 160 valence electrons. The molecule has 2 amide bonds. The van der Waals surface area contributed by atoms with Crippen LogP contribution in [0.3, 0.4) is 0 Å². The lowest BCUT2D eigenvalue weighted by molar-refractivity contribution is -0.158. The van der Waals surface area contributed by atoms with Crippen LogP contribution in [0.4, 0.5) is 24.5 Å². The maximum atomic E-state index is 13.8. The number of hydrogen-bond donors (Lipinski definition) is 1. The van der Waals surface area contributed by atoms with Crippen molar-refractivity contribution in [1.29, 1.82) is 0 Å². The summed E-state index contributed by atoms with van der Waals surface area (Å²) < 4.78 is 47.2. The lowest BCUT2D eigenvalue weighted by atomic mass is 10.1. The number of benzene rings is 1. The van der Waals surface area contributed by atoms with Crippen molar-refractivity contribution in [3.63, 3.8) is 0 Å². The average molecular weight is 413 g/mol. The van der Waals surface area contributed by atoms with Crippen LogP contribution in [0.5, 0.6) is 0 Å². The molecule has 2 aliphatic heterocycles. The van der Waals surface area contributed by atoms with Gasteiger partial charge in [-0.05, 0) is 39.3 Å². The summed E-state index contributed by atoms with van der Waals surface area (Å²) in [7, 11) is 0. The second-order valence-electron chi connectivity index (χ2n) is 8.47. The van der Waals surface area contributed by atoms with Gasteiger partial charge < -0.3 is 10.1 Å². The molecular formula is C20H26F3N3O3. The summed E-state index contributed by atoms with van der Waals surface area (Å²) in [5.41, 5.74) is -0.0673. The maximum absolute atomic E-state index is 13.8. The van der Waals surface area contributed by atoms with Crippen molar-refractivity contribution in [2.45, 2.75) is 57.5 Å². The van der Waals surface area contributed by atoms with Gasteiger partial charge in [0.25, 0.3) is 0 Å². The topological polar surface area (TPSA) is 61.9 Å². The molecule has 1 fully saturated rings. The zero-order valence-electron chi connectivity index (χ0n) is 16.8. The molecular weight excluding hydrogens is 387 g/mol. The minimum atomic E-state index is -4.73. The van der Waals surface area contributed by atoms with Gasteiger partial charge in [0.05, 0.1) is 36.0 Å². The van der Waals surface area contributed by atoms with Crippen molar-refractivity contribution in [2.75, 3.05) is 29.9 Å². The van der Waals surface area contributed by atoms with E-state index in [0.29, 0.717) is 19.5 Å². The van der Waals surface area contributed by atoms with E-state index in [-0.39, 0.29) is 29.6 Å². The molecule has 1 aromatic carbocycles. The largest absolute Gasteiger partial charge is 0.409 e. The van der Waals surface area contributed by atoms with Gasteiger partial charge in [-0.3, -0.25) is 19.4 Å². The third-order valence-corrected chi connectivity index (χ3v) is 4.88. The van der Waals surface area contributed by atoms with Crippen molar-refractivity contribution >= 4 is 23.2 Å². The predicted octanol–water partition coefficient (Wildman–Crippen LogP) is 3.18. The summed E-state index contributed by atoms with van der Waals surface area (Å²) in [5.74, 6) is -1.46. The van der Waals surface area contributed by atoms with Crippen molar-refractivity contribution in [2.24, 2.45) is 0 Å². The van der Waals surface area contributed by atoms with Crippen LogP contribution < -0.4 is 10.2 Å². The number of carbonyl (C=O) groups excluding carboxylic acids is 2. The van der Waals surface area contributed by atoms with E-state index in [1.807, 2.05) is 20.8 Å². The van der Waals surface area contributed by atoms with Gasteiger partial charge in [-0.25, -0.2) is 0 Å². The molecule has 2 aliphatic rings. The highest BCUT2D eigenvalue weighted by molar-refractivity contribution is 6.05. The number of alkyl halides is 3. The Labute approximate surface area is 168 Å². The van der Waals surface area contributed by atoms with Crippen LogP contribution in [0.15, 0.2) is 24.3 Å². The number of fused-ring (bicyclic) bond motifs is 1. The molecule has 1 saturated heterocycles. The molecule has 0 unspecified atom stereocenters. The molecule has 0 radical (unpaired) electrons. The molecule has 0 spiro atoms. The standard InChI is InChI=1S/C20H26F3N3O3/c1-19(2,3)29-13-8-9-25(11-13)12-18(28)26-15-7-5-4-6-14(15)24-17(27)10-16(26)20(21,22)23/h4-7,13,16H,8-12H2,1-3H3,(H,24,27)/t13-,16-/m0/s1. The Bertz CT molecular complexity index is 776. The van der Waals surface area contributed by atoms with Crippen molar-refractivity contribution < 1.29 is 27.5 Å². The second-order valence-corrected chi connectivity index (χ2v) is 8.47. The zero-order chi connectivity index (χ0) is 21.4. The molecule has 2 atom stereocenters. The van der Waals surface area contributed by atoms with Gasteiger partial charge in [-0.2, -0.15) is 13.2 Å². The lowest BCUT2D eigenvalue weighted by Gasteiger charge is -2.33. The highest BCUT2D eigenvalue weighted by atomic mass is 19.4. The van der Waals surface area contributed by atoms with Gasteiger partial charge >= 0.3 is 6.18 Å². The molecule has 9 heteroatoms. The number of nitrogens with one attached hydrogen (secondary N) is 1. The molecule has 0 aromatic heterocycles. The first-order valence-electron chi connectivity index (χ1n) is 9.62. The smallest absolute Gasteiger partial charge is 0.371 e. The number of halogens is 3. The highest BCUT2D eigenvalue weighted by Crippen LogP contribution is 2.37. The van der Waals surface area contributed by atoms with Gasteiger partial charge in [0.1, 0.15) is 6.04 Å². The Morgan fingerprint density at radius 1 is 1.24 bits per heavy atom. The van der Waals surface area contributed by atoms with E-state index in [2.05, 4.69) is 5.32 Å². The summed E-state index contributed by atoms with van der Waals surface area (Å²) >= 11 is 0. The van der Waals surface area contributed by atoms with Gasteiger partial charge in [0.2, 0.25) is 11.8 Å². The van der Waals surface area contributed by atoms with E-state index in [9.17, 15) is 22.8 Å². The van der Waals surface area contributed by atoms with E-state index in [4.69, 9.17) is 4.74 Å². The second kappa shape index (κ2) is 7.95. The van der Waals surface area contributed by atoms with Crippen LogP contribution in [0, 0.1) is 0 Å². The number of amides is 2. The quantitative estimate of drug-likeness (QED) is 0.827. The first-order chi connectivity index (χ1) is 13.4. The zero-order valence-corrected chi connectivity index (χ0v) is 16.8. The summed E-state index contributed by atoms with van der Waals surface area (Å²) in [6.45, 7) is 6.69. The average Bonchev–Trinajstić information content (AvgIpc) is 2.92. The Kier molecular flexibility index (Phi) is 5.91. The third kappa shape index (κ3) is 5.27. The van der Waals surface area contributed by atoms with Crippen LogP contribution in [0.1, 0.15) is 33.6 Å². The summed E-state index contributed by atoms with van der Waals surface area (Å²) in [6, 6.07) is 3.86. The molecule has 2 heterocycles. The fraction of sp³-hybridized carbons (Fsp3) is 0.600. The number of rotatable bonds is 3. The molecule has 6 nitrogen and oxygen atoms in total. The van der Waals surface area contributed by atoms with E-state index in [1.165, 1.54) is 12.1 Å². The minimum absolute atomic E-state index is 0.0624. The van der Waals surface area contributed by atoms with Gasteiger partial charge in [-0.1, -0.05) is 12.1 Å². The predicted molar refractivity (Wildman–Crippen MR) is 103 cm³/mol. The molecule has 0 aliphatic carbocycles. The molecule has 3 rings (SSSR count). The summed E-state index contributed by atoms with van der Waals surface area (Å²) in [5, 5.41) is 2.47. The van der Waals surface area contributed by atoms with Crippen LogP contribution >= 0.6 is 0 Å². The third-order valence-electron chi connectivity index (χ3n) is 4.88. The van der Waals surface area contributed by atoms with Crippen molar-refractivity contribution in [1.82, 2.24) is 4.90 Å². The first-order valence-corrected chi connectivity index (χ1v) is 9.62.